The smallest absolute Gasteiger partial charge is 0.317 e. The van der Waals surface area contributed by atoms with E-state index in [2.05, 4.69) is 30.3 Å². The van der Waals surface area contributed by atoms with Gasteiger partial charge in [-0.2, -0.15) is 0 Å². The highest BCUT2D eigenvalue weighted by Gasteiger charge is 2.26. The Bertz CT molecular complexity index is 1050. The van der Waals surface area contributed by atoms with E-state index in [0.717, 1.165) is 27.3 Å². The second-order valence-electron chi connectivity index (χ2n) is 6.10. The molecule has 0 saturated carbocycles. The molecular formula is C23H18O2. The van der Waals surface area contributed by atoms with Gasteiger partial charge in [0.05, 0.1) is 7.11 Å². The molecule has 0 aromatic heterocycles. The summed E-state index contributed by atoms with van der Waals surface area (Å²) in [6.07, 6.45) is 0. The standard InChI is InChI=1S/C23H18O2/c1-25-23(24)22(16-9-3-2-4-10-16)21-15-17-11-5-6-12-18(17)19-13-7-8-14-20(19)21/h2-15,22H,1H3. The van der Waals surface area contributed by atoms with Crippen molar-refractivity contribution in [1.82, 2.24) is 0 Å². The zero-order valence-corrected chi connectivity index (χ0v) is 14.0. The van der Waals surface area contributed by atoms with Crippen LogP contribution in [0.25, 0.3) is 21.5 Å². The summed E-state index contributed by atoms with van der Waals surface area (Å²) < 4.78 is 5.14. The zero-order valence-electron chi connectivity index (χ0n) is 14.0. The molecule has 0 amide bonds. The average Bonchev–Trinajstić information content (AvgIpc) is 2.69. The van der Waals surface area contributed by atoms with Crippen LogP contribution in [-0.2, 0) is 9.53 Å². The van der Waals surface area contributed by atoms with Crippen molar-refractivity contribution in [3.8, 4) is 0 Å². The van der Waals surface area contributed by atoms with E-state index >= 15 is 0 Å². The summed E-state index contributed by atoms with van der Waals surface area (Å²) in [7, 11) is 1.45. The molecule has 0 spiro atoms. The number of rotatable bonds is 3. The van der Waals surface area contributed by atoms with E-state index < -0.39 is 5.92 Å². The van der Waals surface area contributed by atoms with Crippen LogP contribution in [0.3, 0.4) is 0 Å². The Kier molecular flexibility index (Phi) is 3.95. The first-order chi connectivity index (χ1) is 12.3. The summed E-state index contributed by atoms with van der Waals surface area (Å²) in [5.41, 5.74) is 1.92. The minimum atomic E-state index is -0.444. The van der Waals surface area contributed by atoms with E-state index in [4.69, 9.17) is 4.74 Å². The van der Waals surface area contributed by atoms with Crippen molar-refractivity contribution in [2.24, 2.45) is 0 Å². The third-order valence-corrected chi connectivity index (χ3v) is 4.68. The third-order valence-electron chi connectivity index (χ3n) is 4.68. The second-order valence-corrected chi connectivity index (χ2v) is 6.10. The Morgan fingerprint density at radius 2 is 1.36 bits per heavy atom. The van der Waals surface area contributed by atoms with Crippen LogP contribution in [0, 0.1) is 0 Å². The summed E-state index contributed by atoms with van der Waals surface area (Å²) >= 11 is 0. The minimum Gasteiger partial charge on any atom is -0.468 e. The van der Waals surface area contributed by atoms with Crippen molar-refractivity contribution in [3.63, 3.8) is 0 Å². The predicted molar refractivity (Wildman–Crippen MR) is 102 cm³/mol. The van der Waals surface area contributed by atoms with Crippen molar-refractivity contribution < 1.29 is 9.53 Å². The summed E-state index contributed by atoms with van der Waals surface area (Å²) in [6.45, 7) is 0. The molecule has 0 N–H and O–H groups in total. The lowest BCUT2D eigenvalue weighted by Crippen LogP contribution is -2.16. The maximum Gasteiger partial charge on any atom is 0.317 e. The van der Waals surface area contributed by atoms with E-state index in [1.807, 2.05) is 54.6 Å². The van der Waals surface area contributed by atoms with Crippen LogP contribution in [0.1, 0.15) is 17.0 Å². The molecule has 0 aliphatic carbocycles. The molecular weight excluding hydrogens is 308 g/mol. The van der Waals surface area contributed by atoms with Gasteiger partial charge in [0.1, 0.15) is 5.92 Å². The Labute approximate surface area is 146 Å². The van der Waals surface area contributed by atoms with Gasteiger partial charge in [-0.1, -0.05) is 78.9 Å². The number of hydrogen-bond donors (Lipinski definition) is 0. The molecule has 0 bridgehead atoms. The van der Waals surface area contributed by atoms with Crippen LogP contribution in [0.15, 0.2) is 84.9 Å². The van der Waals surface area contributed by atoms with Crippen molar-refractivity contribution in [2.75, 3.05) is 7.11 Å². The molecule has 0 aliphatic rings. The highest BCUT2D eigenvalue weighted by molar-refractivity contribution is 6.10. The van der Waals surface area contributed by atoms with Gasteiger partial charge in [-0.15, -0.1) is 0 Å². The predicted octanol–water partition coefficient (Wildman–Crippen LogP) is 5.30. The number of ether oxygens (including phenoxy) is 1. The lowest BCUT2D eigenvalue weighted by atomic mass is 9.86. The van der Waals surface area contributed by atoms with Crippen LogP contribution in [0.4, 0.5) is 0 Å². The van der Waals surface area contributed by atoms with E-state index in [9.17, 15) is 4.79 Å². The average molecular weight is 326 g/mol. The summed E-state index contributed by atoms with van der Waals surface area (Å²) in [5.74, 6) is -0.688. The van der Waals surface area contributed by atoms with Gasteiger partial charge >= 0.3 is 5.97 Å². The first kappa shape index (κ1) is 15.4. The number of benzene rings is 4. The Hall–Kier alpha value is -3.13. The summed E-state index contributed by atoms with van der Waals surface area (Å²) in [6, 6.07) is 28.5. The molecule has 0 fully saturated rings. The highest BCUT2D eigenvalue weighted by Crippen LogP contribution is 2.36. The molecule has 1 unspecified atom stereocenters. The normalized spacial score (nSPS) is 12.2. The lowest BCUT2D eigenvalue weighted by Gasteiger charge is -2.19. The number of carbonyl (C=O) groups excluding carboxylic acids is 1. The van der Waals surface area contributed by atoms with Crippen LogP contribution in [0.5, 0.6) is 0 Å². The minimum absolute atomic E-state index is 0.244. The number of methoxy groups -OCH3 is 1. The molecule has 0 radical (unpaired) electrons. The fraction of sp³-hybridized carbons (Fsp3) is 0.0870. The van der Waals surface area contributed by atoms with Gasteiger partial charge < -0.3 is 4.74 Å². The number of fused-ring (bicyclic) bond motifs is 3. The zero-order chi connectivity index (χ0) is 17.2. The van der Waals surface area contributed by atoms with E-state index in [-0.39, 0.29) is 5.97 Å². The van der Waals surface area contributed by atoms with Crippen LogP contribution < -0.4 is 0 Å². The number of hydrogen-bond acceptors (Lipinski definition) is 2. The number of carbonyl (C=O) groups is 1. The van der Waals surface area contributed by atoms with E-state index in [1.54, 1.807) is 0 Å². The Morgan fingerprint density at radius 1 is 0.760 bits per heavy atom. The SMILES string of the molecule is COC(=O)C(c1ccccc1)c1cc2ccccc2c2ccccc12. The highest BCUT2D eigenvalue weighted by atomic mass is 16.5. The fourth-order valence-corrected chi connectivity index (χ4v) is 3.53. The van der Waals surface area contributed by atoms with Gasteiger partial charge in [0.25, 0.3) is 0 Å². The molecule has 122 valence electrons. The van der Waals surface area contributed by atoms with E-state index in [1.165, 1.54) is 12.5 Å². The summed E-state index contributed by atoms with van der Waals surface area (Å²) in [5, 5.41) is 4.56. The molecule has 0 heterocycles. The van der Waals surface area contributed by atoms with Gasteiger partial charge in [0.15, 0.2) is 0 Å². The van der Waals surface area contributed by atoms with Gasteiger partial charge in [-0.05, 0) is 38.7 Å². The maximum atomic E-state index is 12.7. The Balaban J connectivity index is 2.07. The molecule has 2 heteroatoms. The molecule has 1 atom stereocenters. The number of esters is 1. The van der Waals surface area contributed by atoms with Crippen molar-refractivity contribution in [2.45, 2.75) is 5.92 Å². The molecule has 25 heavy (non-hydrogen) atoms. The first-order valence-electron chi connectivity index (χ1n) is 8.33. The summed E-state index contributed by atoms with van der Waals surface area (Å²) in [4.78, 5) is 12.7. The molecule has 2 nitrogen and oxygen atoms in total. The molecule has 4 aromatic rings. The van der Waals surface area contributed by atoms with Gasteiger partial charge in [0.2, 0.25) is 0 Å². The van der Waals surface area contributed by atoms with Gasteiger partial charge in [-0.25, -0.2) is 0 Å². The van der Waals surface area contributed by atoms with Gasteiger partial charge in [0, 0.05) is 0 Å². The first-order valence-corrected chi connectivity index (χ1v) is 8.33. The Morgan fingerprint density at radius 3 is 2.08 bits per heavy atom. The van der Waals surface area contributed by atoms with Crippen molar-refractivity contribution in [1.29, 1.82) is 0 Å². The largest absolute Gasteiger partial charge is 0.468 e. The van der Waals surface area contributed by atoms with Crippen LogP contribution in [-0.4, -0.2) is 13.1 Å². The van der Waals surface area contributed by atoms with Crippen molar-refractivity contribution in [3.05, 3.63) is 96.1 Å². The van der Waals surface area contributed by atoms with Crippen LogP contribution >= 0.6 is 0 Å². The van der Waals surface area contributed by atoms with Crippen molar-refractivity contribution >= 4 is 27.5 Å². The molecule has 0 aliphatic heterocycles. The second kappa shape index (κ2) is 6.40. The molecule has 4 aromatic carbocycles. The van der Waals surface area contributed by atoms with Crippen LogP contribution in [0.2, 0.25) is 0 Å². The maximum absolute atomic E-state index is 12.7. The quantitative estimate of drug-likeness (QED) is 0.377. The molecule has 0 saturated heterocycles. The topological polar surface area (TPSA) is 26.3 Å². The fourth-order valence-electron chi connectivity index (χ4n) is 3.53. The monoisotopic (exact) mass is 326 g/mol. The van der Waals surface area contributed by atoms with Gasteiger partial charge in [-0.3, -0.25) is 4.79 Å². The lowest BCUT2D eigenvalue weighted by molar-refractivity contribution is -0.141. The third kappa shape index (κ3) is 2.66. The van der Waals surface area contributed by atoms with E-state index in [0.29, 0.717) is 0 Å². The molecule has 4 rings (SSSR count).